The monoisotopic (exact) mass is 383 g/mol. The Hall–Kier alpha value is -2.71. The van der Waals surface area contributed by atoms with E-state index in [9.17, 15) is 14.7 Å². The van der Waals surface area contributed by atoms with E-state index in [0.717, 1.165) is 16.8 Å². The van der Waals surface area contributed by atoms with E-state index in [-0.39, 0.29) is 18.4 Å². The standard InChI is InChI=1S/C20H25N5O3/c1-22-10-15(18(21-22)14-6-4-3-5-7-14)11-24-8-9-25-16(12-24)19(27)23(2)17(13-26)20(25)28/h3-7,10,16-17,26H,8-9,11-13H2,1-2H3/t16-,17+/m1/s1. The van der Waals surface area contributed by atoms with Crippen LogP contribution in [0.1, 0.15) is 5.56 Å². The molecule has 2 fully saturated rings. The van der Waals surface area contributed by atoms with E-state index in [1.54, 1.807) is 11.9 Å². The van der Waals surface area contributed by atoms with Crippen molar-refractivity contribution in [1.82, 2.24) is 24.5 Å². The second-order valence-electron chi connectivity index (χ2n) is 7.47. The Kier molecular flexibility index (Phi) is 4.91. The second-order valence-corrected chi connectivity index (χ2v) is 7.47. The Morgan fingerprint density at radius 3 is 2.57 bits per heavy atom. The number of aliphatic hydroxyl groups is 1. The molecule has 1 aromatic heterocycles. The summed E-state index contributed by atoms with van der Waals surface area (Å²) >= 11 is 0. The number of rotatable bonds is 4. The van der Waals surface area contributed by atoms with Crippen molar-refractivity contribution < 1.29 is 14.7 Å². The molecule has 2 saturated heterocycles. The summed E-state index contributed by atoms with van der Waals surface area (Å²) in [6.45, 7) is 1.97. The normalized spacial score (nSPS) is 23.2. The van der Waals surface area contributed by atoms with Crippen LogP contribution >= 0.6 is 0 Å². The van der Waals surface area contributed by atoms with Crippen LogP contribution < -0.4 is 0 Å². The molecule has 0 radical (unpaired) electrons. The van der Waals surface area contributed by atoms with Gasteiger partial charge in [0.25, 0.3) is 0 Å². The second kappa shape index (κ2) is 7.37. The summed E-state index contributed by atoms with van der Waals surface area (Å²) in [5.41, 5.74) is 3.10. The fourth-order valence-corrected chi connectivity index (χ4v) is 4.14. The zero-order valence-electron chi connectivity index (χ0n) is 16.2. The predicted octanol–water partition coefficient (Wildman–Crippen LogP) is -0.0672. The number of benzene rings is 1. The maximum atomic E-state index is 12.7. The van der Waals surface area contributed by atoms with Gasteiger partial charge in [-0.25, -0.2) is 0 Å². The van der Waals surface area contributed by atoms with Crippen LogP contribution in [0.2, 0.25) is 0 Å². The van der Waals surface area contributed by atoms with Gasteiger partial charge in [-0.05, 0) is 0 Å². The van der Waals surface area contributed by atoms with Crippen molar-refractivity contribution >= 4 is 11.8 Å². The van der Waals surface area contributed by atoms with Crippen molar-refractivity contribution in [1.29, 1.82) is 0 Å². The third kappa shape index (κ3) is 3.18. The van der Waals surface area contributed by atoms with Crippen LogP contribution in [0.4, 0.5) is 0 Å². The maximum Gasteiger partial charge on any atom is 0.248 e. The quantitative estimate of drug-likeness (QED) is 0.800. The first-order valence-corrected chi connectivity index (χ1v) is 9.48. The number of amides is 2. The minimum absolute atomic E-state index is 0.113. The van der Waals surface area contributed by atoms with Crippen LogP contribution in [-0.2, 0) is 23.2 Å². The van der Waals surface area contributed by atoms with Gasteiger partial charge < -0.3 is 14.9 Å². The van der Waals surface area contributed by atoms with Crippen molar-refractivity contribution in [2.24, 2.45) is 7.05 Å². The summed E-state index contributed by atoms with van der Waals surface area (Å²) in [6, 6.07) is 8.78. The first-order chi connectivity index (χ1) is 13.5. The molecule has 4 rings (SSSR count). The highest BCUT2D eigenvalue weighted by atomic mass is 16.3. The lowest BCUT2D eigenvalue weighted by Crippen LogP contribution is -2.69. The first-order valence-electron chi connectivity index (χ1n) is 9.48. The molecular formula is C20H25N5O3. The number of hydrogen-bond donors (Lipinski definition) is 1. The first kappa shape index (κ1) is 18.6. The van der Waals surface area contributed by atoms with Gasteiger partial charge in [-0.1, -0.05) is 30.3 Å². The molecule has 8 nitrogen and oxygen atoms in total. The Morgan fingerprint density at radius 1 is 1.11 bits per heavy atom. The van der Waals surface area contributed by atoms with E-state index in [0.29, 0.717) is 26.2 Å². The summed E-state index contributed by atoms with van der Waals surface area (Å²) in [5, 5.41) is 14.1. The van der Waals surface area contributed by atoms with Gasteiger partial charge in [-0.15, -0.1) is 0 Å². The highest BCUT2D eigenvalue weighted by molar-refractivity contribution is 5.97. The van der Waals surface area contributed by atoms with Gasteiger partial charge in [0.1, 0.15) is 12.1 Å². The molecule has 0 unspecified atom stereocenters. The third-order valence-corrected chi connectivity index (χ3v) is 5.65. The SMILES string of the molecule is CN1C(=O)[C@H]2CN(Cc3cn(C)nc3-c3ccccc3)CCN2C(=O)[C@@H]1CO. The molecule has 2 aromatic rings. The molecule has 2 amide bonds. The topological polar surface area (TPSA) is 81.9 Å². The van der Waals surface area contributed by atoms with E-state index in [2.05, 4.69) is 10.00 Å². The Balaban J connectivity index is 1.53. The van der Waals surface area contributed by atoms with E-state index < -0.39 is 12.1 Å². The lowest BCUT2D eigenvalue weighted by atomic mass is 10.0. The Bertz CT molecular complexity index is 881. The number of piperazine rings is 2. The fraction of sp³-hybridized carbons (Fsp3) is 0.450. The number of fused-ring (bicyclic) bond motifs is 1. The number of aliphatic hydroxyl groups excluding tert-OH is 1. The lowest BCUT2D eigenvalue weighted by Gasteiger charge is -2.47. The molecule has 0 spiro atoms. The number of carbonyl (C=O) groups excluding carboxylic acids is 2. The summed E-state index contributed by atoms with van der Waals surface area (Å²) in [6.07, 6.45) is 2.01. The minimum Gasteiger partial charge on any atom is -0.394 e. The largest absolute Gasteiger partial charge is 0.394 e. The molecule has 0 bridgehead atoms. The number of aromatic nitrogens is 2. The average molecular weight is 383 g/mol. The van der Waals surface area contributed by atoms with Gasteiger partial charge in [0.2, 0.25) is 11.8 Å². The van der Waals surface area contributed by atoms with Crippen molar-refractivity contribution in [3.8, 4) is 11.3 Å². The molecule has 2 aliphatic rings. The highest BCUT2D eigenvalue weighted by Crippen LogP contribution is 2.26. The van der Waals surface area contributed by atoms with E-state index >= 15 is 0 Å². The molecule has 148 valence electrons. The molecule has 0 saturated carbocycles. The lowest BCUT2D eigenvalue weighted by molar-refractivity contribution is -0.165. The number of likely N-dealkylation sites (N-methyl/N-ethyl adjacent to an activating group) is 1. The van der Waals surface area contributed by atoms with Gasteiger partial charge in [-0.2, -0.15) is 5.10 Å². The summed E-state index contributed by atoms with van der Waals surface area (Å²) in [5.74, 6) is -0.279. The van der Waals surface area contributed by atoms with Crippen molar-refractivity contribution in [3.63, 3.8) is 0 Å². The van der Waals surface area contributed by atoms with Crippen molar-refractivity contribution in [2.75, 3.05) is 33.3 Å². The van der Waals surface area contributed by atoms with Gasteiger partial charge in [0.15, 0.2) is 0 Å². The van der Waals surface area contributed by atoms with Crippen molar-refractivity contribution in [2.45, 2.75) is 18.6 Å². The Morgan fingerprint density at radius 2 is 1.86 bits per heavy atom. The molecule has 2 aliphatic heterocycles. The van der Waals surface area contributed by atoms with Gasteiger partial charge in [-0.3, -0.25) is 19.2 Å². The summed E-state index contributed by atoms with van der Waals surface area (Å²) in [7, 11) is 3.49. The van der Waals surface area contributed by atoms with Crippen LogP contribution in [-0.4, -0.2) is 86.8 Å². The Labute approximate surface area is 163 Å². The minimum atomic E-state index is -0.765. The predicted molar refractivity (Wildman–Crippen MR) is 103 cm³/mol. The molecule has 28 heavy (non-hydrogen) atoms. The van der Waals surface area contributed by atoms with E-state index in [1.165, 1.54) is 4.90 Å². The third-order valence-electron chi connectivity index (χ3n) is 5.65. The van der Waals surface area contributed by atoms with E-state index in [1.807, 2.05) is 48.3 Å². The molecular weight excluding hydrogens is 358 g/mol. The smallest absolute Gasteiger partial charge is 0.248 e. The van der Waals surface area contributed by atoms with Crippen LogP contribution in [0.3, 0.4) is 0 Å². The summed E-state index contributed by atoms with van der Waals surface area (Å²) in [4.78, 5) is 30.5. The van der Waals surface area contributed by atoms with Gasteiger partial charge in [0, 0.05) is 57.6 Å². The van der Waals surface area contributed by atoms with Crippen LogP contribution in [0.25, 0.3) is 11.3 Å². The zero-order valence-corrected chi connectivity index (χ0v) is 16.2. The molecule has 3 heterocycles. The molecule has 8 heteroatoms. The molecule has 0 aliphatic carbocycles. The van der Waals surface area contributed by atoms with E-state index in [4.69, 9.17) is 0 Å². The number of aryl methyl sites for hydroxylation is 1. The molecule has 1 N–H and O–H groups in total. The van der Waals surface area contributed by atoms with Gasteiger partial charge in [0.05, 0.1) is 12.3 Å². The summed E-state index contributed by atoms with van der Waals surface area (Å²) < 4.78 is 1.81. The average Bonchev–Trinajstić information content (AvgIpc) is 3.07. The number of carbonyl (C=O) groups is 2. The molecule has 2 atom stereocenters. The fourth-order valence-electron chi connectivity index (χ4n) is 4.14. The maximum absolute atomic E-state index is 12.7. The van der Waals surface area contributed by atoms with Crippen molar-refractivity contribution in [3.05, 3.63) is 42.1 Å². The van der Waals surface area contributed by atoms with Crippen LogP contribution in [0.5, 0.6) is 0 Å². The number of hydrogen-bond acceptors (Lipinski definition) is 5. The number of nitrogens with zero attached hydrogens (tertiary/aromatic N) is 5. The zero-order chi connectivity index (χ0) is 19.8. The van der Waals surface area contributed by atoms with Crippen LogP contribution in [0, 0.1) is 0 Å². The van der Waals surface area contributed by atoms with Gasteiger partial charge >= 0.3 is 0 Å². The van der Waals surface area contributed by atoms with Crippen LogP contribution in [0.15, 0.2) is 36.5 Å². The highest BCUT2D eigenvalue weighted by Gasteiger charge is 2.46. The molecule has 1 aromatic carbocycles.